The fraction of sp³-hybridized carbons (Fsp3) is 0.500. The minimum absolute atomic E-state index is 0.00342. The first-order valence-electron chi connectivity index (χ1n) is 12.5. The summed E-state index contributed by atoms with van der Waals surface area (Å²) in [6.45, 7) is 3.80. The molecule has 2 aliphatic rings. The van der Waals surface area contributed by atoms with Crippen LogP contribution in [0.25, 0.3) is 16.7 Å². The lowest BCUT2D eigenvalue weighted by Crippen LogP contribution is -2.50. The minimum atomic E-state index is -4.51. The number of likely N-dealkylation sites (tertiary alicyclic amines) is 1. The minimum Gasteiger partial charge on any atom is -0.388 e. The van der Waals surface area contributed by atoms with Gasteiger partial charge in [0.05, 0.1) is 35.4 Å². The van der Waals surface area contributed by atoms with Crippen LogP contribution in [0.5, 0.6) is 0 Å². The highest BCUT2D eigenvalue weighted by Crippen LogP contribution is 2.41. The van der Waals surface area contributed by atoms with Gasteiger partial charge in [-0.15, -0.1) is 0 Å². The van der Waals surface area contributed by atoms with E-state index >= 15 is 0 Å². The van der Waals surface area contributed by atoms with E-state index in [1.54, 1.807) is 30.7 Å². The van der Waals surface area contributed by atoms with Gasteiger partial charge in [-0.1, -0.05) is 0 Å². The van der Waals surface area contributed by atoms with Crippen LogP contribution >= 0.6 is 0 Å². The van der Waals surface area contributed by atoms with Gasteiger partial charge in [-0.2, -0.15) is 13.2 Å². The van der Waals surface area contributed by atoms with Crippen LogP contribution < -0.4 is 5.32 Å². The number of carbonyl (C=O) groups excluding carboxylic acids is 1. The van der Waals surface area contributed by atoms with Crippen molar-refractivity contribution < 1.29 is 36.6 Å². The van der Waals surface area contributed by atoms with Crippen molar-refractivity contribution >= 4 is 16.8 Å². The molecule has 1 saturated heterocycles. The third-order valence-corrected chi connectivity index (χ3v) is 6.98. The monoisotopic (exact) mass is 553 g/mol. The summed E-state index contributed by atoms with van der Waals surface area (Å²) in [4.78, 5) is 23.2. The van der Waals surface area contributed by atoms with Gasteiger partial charge in [0, 0.05) is 55.9 Å². The number of nitrogens with zero attached hydrogens (tertiary/aromatic N) is 4. The fourth-order valence-electron chi connectivity index (χ4n) is 4.90. The van der Waals surface area contributed by atoms with Crippen molar-refractivity contribution in [2.75, 3.05) is 19.7 Å². The summed E-state index contributed by atoms with van der Waals surface area (Å²) in [5, 5.41) is 13.6. The standard InChI is InChI=1S/C26H28F5N5O3/c1-24(2,38)14-39-21-13-35(17-8-25(27,28)9-17)12-19(21)34-23(37)18-7-20-15(10-32-18)5-6-36(20)22-4-3-16(11-33-22)26(29,30)31/h3-7,10-11,17,19,21,38H,8-9,12-14H2,1-2H3,(H,34,37)/t19-,21-/m1/s1. The van der Waals surface area contributed by atoms with E-state index in [-0.39, 0.29) is 37.0 Å². The van der Waals surface area contributed by atoms with E-state index in [4.69, 9.17) is 4.74 Å². The molecule has 4 heterocycles. The smallest absolute Gasteiger partial charge is 0.388 e. The van der Waals surface area contributed by atoms with Gasteiger partial charge in [0.1, 0.15) is 11.5 Å². The average molecular weight is 554 g/mol. The number of carbonyl (C=O) groups is 1. The van der Waals surface area contributed by atoms with E-state index in [1.807, 2.05) is 4.90 Å². The average Bonchev–Trinajstić information content (AvgIpc) is 3.43. The summed E-state index contributed by atoms with van der Waals surface area (Å²) in [6.07, 6.45) is -1.70. The first-order valence-corrected chi connectivity index (χ1v) is 12.5. The molecule has 1 amide bonds. The van der Waals surface area contributed by atoms with Gasteiger partial charge >= 0.3 is 6.18 Å². The van der Waals surface area contributed by atoms with Crippen molar-refractivity contribution in [3.8, 4) is 5.82 Å². The number of hydrogen-bond acceptors (Lipinski definition) is 6. The summed E-state index contributed by atoms with van der Waals surface area (Å²) in [7, 11) is 0. The molecule has 2 N–H and O–H groups in total. The van der Waals surface area contributed by atoms with E-state index in [9.17, 15) is 31.9 Å². The zero-order chi connectivity index (χ0) is 28.2. The molecule has 0 radical (unpaired) electrons. The van der Waals surface area contributed by atoms with E-state index in [2.05, 4.69) is 15.3 Å². The third kappa shape index (κ3) is 6.04. The lowest BCUT2D eigenvalue weighted by molar-refractivity contribution is -0.137. The van der Waals surface area contributed by atoms with E-state index in [0.29, 0.717) is 24.0 Å². The maximum atomic E-state index is 13.5. The molecule has 8 nitrogen and oxygen atoms in total. The van der Waals surface area contributed by atoms with E-state index in [0.717, 1.165) is 12.3 Å². The van der Waals surface area contributed by atoms with Crippen molar-refractivity contribution in [2.24, 2.45) is 0 Å². The number of fused-ring (bicyclic) bond motifs is 1. The largest absolute Gasteiger partial charge is 0.417 e. The number of ether oxygens (including phenoxy) is 1. The highest BCUT2D eigenvalue weighted by Gasteiger charge is 2.51. The van der Waals surface area contributed by atoms with Gasteiger partial charge in [-0.05, 0) is 38.1 Å². The van der Waals surface area contributed by atoms with Crippen molar-refractivity contribution in [3.05, 3.63) is 54.1 Å². The Morgan fingerprint density at radius 2 is 1.90 bits per heavy atom. The highest BCUT2D eigenvalue weighted by molar-refractivity contribution is 5.96. The van der Waals surface area contributed by atoms with Crippen LogP contribution in [0.3, 0.4) is 0 Å². The van der Waals surface area contributed by atoms with Gasteiger partial charge in [-0.25, -0.2) is 13.8 Å². The van der Waals surface area contributed by atoms with Gasteiger partial charge in [0.2, 0.25) is 0 Å². The van der Waals surface area contributed by atoms with Gasteiger partial charge in [0.25, 0.3) is 11.8 Å². The summed E-state index contributed by atoms with van der Waals surface area (Å²) in [5.41, 5.74) is -1.41. The molecule has 0 spiro atoms. The Hall–Kier alpha value is -3.16. The Kier molecular flexibility index (Phi) is 6.88. The van der Waals surface area contributed by atoms with Gasteiger partial charge in [-0.3, -0.25) is 14.7 Å². The van der Waals surface area contributed by atoms with Crippen molar-refractivity contribution in [1.29, 1.82) is 0 Å². The molecule has 3 aromatic rings. The quantitative estimate of drug-likeness (QED) is 0.433. The number of alkyl halides is 5. The molecule has 3 aromatic heterocycles. The van der Waals surface area contributed by atoms with Crippen LogP contribution in [-0.4, -0.2) is 79.9 Å². The Morgan fingerprint density at radius 3 is 2.51 bits per heavy atom. The number of halogens is 5. The number of hydrogen-bond donors (Lipinski definition) is 2. The Bertz CT molecular complexity index is 1340. The first-order chi connectivity index (χ1) is 18.2. The second kappa shape index (κ2) is 9.79. The molecule has 5 rings (SSSR count). The van der Waals surface area contributed by atoms with Crippen LogP contribution in [0, 0.1) is 0 Å². The molecular formula is C26H28F5N5O3. The summed E-state index contributed by atoms with van der Waals surface area (Å²) < 4.78 is 73.2. The van der Waals surface area contributed by atoms with Crippen molar-refractivity contribution in [3.63, 3.8) is 0 Å². The lowest BCUT2D eigenvalue weighted by Gasteiger charge is -2.40. The van der Waals surface area contributed by atoms with Crippen LogP contribution in [0.4, 0.5) is 22.0 Å². The maximum Gasteiger partial charge on any atom is 0.417 e. The third-order valence-electron chi connectivity index (χ3n) is 6.98. The number of aliphatic hydroxyl groups is 1. The molecule has 2 atom stereocenters. The molecule has 39 heavy (non-hydrogen) atoms. The molecule has 210 valence electrons. The number of amides is 1. The van der Waals surface area contributed by atoms with Gasteiger partial charge < -0.3 is 19.7 Å². The summed E-state index contributed by atoms with van der Waals surface area (Å²) in [6, 6.07) is 4.53. The van der Waals surface area contributed by atoms with Crippen molar-refractivity contribution in [1.82, 2.24) is 24.8 Å². The molecule has 0 aromatic carbocycles. The van der Waals surface area contributed by atoms with E-state index in [1.165, 1.54) is 18.3 Å². The fourth-order valence-corrected chi connectivity index (χ4v) is 4.90. The highest BCUT2D eigenvalue weighted by atomic mass is 19.4. The topological polar surface area (TPSA) is 92.5 Å². The van der Waals surface area contributed by atoms with Crippen LogP contribution in [0.2, 0.25) is 0 Å². The Labute approximate surface area is 220 Å². The Morgan fingerprint density at radius 1 is 1.15 bits per heavy atom. The Balaban J connectivity index is 1.34. The lowest BCUT2D eigenvalue weighted by atomic mass is 9.87. The molecule has 1 aliphatic heterocycles. The van der Waals surface area contributed by atoms with Crippen LogP contribution in [0.1, 0.15) is 42.7 Å². The second-order valence-corrected chi connectivity index (χ2v) is 10.8. The first kappa shape index (κ1) is 27.4. The molecular weight excluding hydrogens is 525 g/mol. The predicted octanol–water partition coefficient (Wildman–Crippen LogP) is 3.81. The zero-order valence-electron chi connectivity index (χ0n) is 21.3. The van der Waals surface area contributed by atoms with Crippen LogP contribution in [0.15, 0.2) is 42.9 Å². The summed E-state index contributed by atoms with van der Waals surface area (Å²) in [5.74, 6) is -2.97. The summed E-state index contributed by atoms with van der Waals surface area (Å²) >= 11 is 0. The second-order valence-electron chi connectivity index (χ2n) is 10.8. The van der Waals surface area contributed by atoms with Gasteiger partial charge in [0.15, 0.2) is 0 Å². The SMILES string of the molecule is CC(C)(O)CO[C@@H]1CN(C2CC(F)(F)C2)C[C@H]1NC(=O)c1cc2c(ccn2-c2ccc(C(F)(F)F)cn2)cn1. The van der Waals surface area contributed by atoms with E-state index < -0.39 is 41.3 Å². The number of pyridine rings is 2. The maximum absolute atomic E-state index is 13.5. The number of nitrogens with one attached hydrogen (secondary N) is 1. The molecule has 1 saturated carbocycles. The van der Waals surface area contributed by atoms with Crippen molar-refractivity contribution in [2.45, 2.75) is 62.6 Å². The number of rotatable bonds is 7. The molecule has 1 aliphatic carbocycles. The molecule has 13 heteroatoms. The van der Waals surface area contributed by atoms with Crippen LogP contribution in [-0.2, 0) is 10.9 Å². The number of aromatic nitrogens is 3. The molecule has 0 unspecified atom stereocenters. The predicted molar refractivity (Wildman–Crippen MR) is 131 cm³/mol. The molecule has 0 bridgehead atoms. The zero-order valence-corrected chi connectivity index (χ0v) is 21.3. The molecule has 2 fully saturated rings. The normalized spacial score (nSPS) is 22.3.